The zero-order chi connectivity index (χ0) is 14.0. The maximum atomic E-state index is 12.4. The second-order valence-electron chi connectivity index (χ2n) is 6.03. The summed E-state index contributed by atoms with van der Waals surface area (Å²) in [5.74, 6) is 0.780. The second kappa shape index (κ2) is 5.68. The van der Waals surface area contributed by atoms with Crippen LogP contribution in [0.1, 0.15) is 69.0 Å². The van der Waals surface area contributed by atoms with Crippen LogP contribution in [-0.4, -0.2) is 16.6 Å². The van der Waals surface area contributed by atoms with E-state index in [4.69, 9.17) is 9.72 Å². The van der Waals surface area contributed by atoms with Crippen molar-refractivity contribution in [1.29, 1.82) is 0 Å². The van der Waals surface area contributed by atoms with E-state index in [9.17, 15) is 4.79 Å². The van der Waals surface area contributed by atoms with Crippen LogP contribution in [0.25, 0.3) is 0 Å². The summed E-state index contributed by atoms with van der Waals surface area (Å²) in [5.41, 5.74) is 1.66. The van der Waals surface area contributed by atoms with E-state index >= 15 is 0 Å². The van der Waals surface area contributed by atoms with Gasteiger partial charge in [-0.2, -0.15) is 0 Å². The minimum Gasteiger partial charge on any atom is -0.367 e. The number of ether oxygens (including phenoxy) is 1. The fourth-order valence-electron chi connectivity index (χ4n) is 3.67. The summed E-state index contributed by atoms with van der Waals surface area (Å²) < 4.78 is 6.02. The van der Waals surface area contributed by atoms with Gasteiger partial charge in [-0.1, -0.05) is 6.42 Å². The smallest absolute Gasteiger partial charge is 0.254 e. The van der Waals surface area contributed by atoms with Crippen molar-refractivity contribution in [3.05, 3.63) is 27.4 Å². The van der Waals surface area contributed by atoms with Gasteiger partial charge < -0.3 is 9.72 Å². The lowest BCUT2D eigenvalue weighted by atomic mass is 10.00. The zero-order valence-corrected chi connectivity index (χ0v) is 12.3. The highest BCUT2D eigenvalue weighted by atomic mass is 16.5. The topological polar surface area (TPSA) is 55.0 Å². The van der Waals surface area contributed by atoms with Gasteiger partial charge in [0.25, 0.3) is 5.56 Å². The van der Waals surface area contributed by atoms with Crippen LogP contribution < -0.4 is 5.56 Å². The van der Waals surface area contributed by atoms with Gasteiger partial charge in [0.15, 0.2) is 0 Å². The van der Waals surface area contributed by atoms with Crippen molar-refractivity contribution >= 4 is 0 Å². The molecule has 2 aliphatic rings. The van der Waals surface area contributed by atoms with E-state index < -0.39 is 0 Å². The molecule has 110 valence electrons. The number of hydrogen-bond donors (Lipinski definition) is 1. The molecule has 1 saturated carbocycles. The van der Waals surface area contributed by atoms with E-state index in [1.165, 1.54) is 6.42 Å². The Balaban J connectivity index is 2.03. The number of nitrogens with zero attached hydrogens (tertiary/aromatic N) is 1. The second-order valence-corrected chi connectivity index (χ2v) is 6.03. The Morgan fingerprint density at radius 2 is 1.90 bits per heavy atom. The molecular formula is C16H24N2O2. The number of aryl methyl sites for hydroxylation is 1. The fourth-order valence-corrected chi connectivity index (χ4v) is 3.67. The van der Waals surface area contributed by atoms with Crippen molar-refractivity contribution < 1.29 is 4.74 Å². The first kappa shape index (κ1) is 13.8. The first-order valence-electron chi connectivity index (χ1n) is 8.02. The van der Waals surface area contributed by atoms with Gasteiger partial charge in [0, 0.05) is 12.2 Å². The quantitative estimate of drug-likeness (QED) is 0.864. The van der Waals surface area contributed by atoms with E-state index in [1.54, 1.807) is 0 Å². The third-order valence-corrected chi connectivity index (χ3v) is 4.70. The maximum absolute atomic E-state index is 12.4. The Kier molecular flexibility index (Phi) is 3.92. The van der Waals surface area contributed by atoms with Crippen LogP contribution in [-0.2, 0) is 23.2 Å². The van der Waals surface area contributed by atoms with Gasteiger partial charge in [0.05, 0.1) is 5.69 Å². The first-order chi connectivity index (χ1) is 9.75. The van der Waals surface area contributed by atoms with Crippen molar-refractivity contribution in [2.75, 3.05) is 6.61 Å². The van der Waals surface area contributed by atoms with E-state index in [-0.39, 0.29) is 11.2 Å². The number of hydrogen-bond acceptors (Lipinski definition) is 3. The SMILES string of the molecule is CCOC1(c2nc3c(c(=O)[nH]2)CCCCC3)CCCC1. The van der Waals surface area contributed by atoms with Crippen LogP contribution in [0.3, 0.4) is 0 Å². The van der Waals surface area contributed by atoms with Crippen molar-refractivity contribution in [3.8, 4) is 0 Å². The van der Waals surface area contributed by atoms with Gasteiger partial charge in [-0.05, 0) is 58.3 Å². The normalized spacial score (nSPS) is 21.4. The van der Waals surface area contributed by atoms with Crippen molar-refractivity contribution in [2.24, 2.45) is 0 Å². The standard InChI is InChI=1S/C16H24N2O2/c1-2-20-16(10-6-7-11-16)15-17-13-9-5-3-4-8-12(13)14(19)18-15/h2-11H2,1H3,(H,17,18,19). The molecule has 1 N–H and O–H groups in total. The van der Waals surface area contributed by atoms with Gasteiger partial charge in [-0.15, -0.1) is 0 Å². The Morgan fingerprint density at radius 3 is 2.65 bits per heavy atom. The minimum absolute atomic E-state index is 0.0675. The zero-order valence-electron chi connectivity index (χ0n) is 12.3. The highest BCUT2D eigenvalue weighted by molar-refractivity contribution is 5.22. The van der Waals surface area contributed by atoms with E-state index in [0.29, 0.717) is 6.61 Å². The minimum atomic E-state index is -0.338. The molecular weight excluding hydrogens is 252 g/mol. The summed E-state index contributed by atoms with van der Waals surface area (Å²) in [6.07, 6.45) is 9.51. The number of aromatic amines is 1. The maximum Gasteiger partial charge on any atom is 0.254 e. The van der Waals surface area contributed by atoms with Crippen LogP contribution in [0.15, 0.2) is 4.79 Å². The molecule has 0 bridgehead atoms. The summed E-state index contributed by atoms with van der Waals surface area (Å²) in [4.78, 5) is 20.3. The molecule has 0 unspecified atom stereocenters. The average molecular weight is 276 g/mol. The number of H-pyrrole nitrogens is 1. The number of aromatic nitrogens is 2. The molecule has 1 fully saturated rings. The lowest BCUT2D eigenvalue weighted by molar-refractivity contribution is -0.0460. The molecule has 1 heterocycles. The molecule has 4 nitrogen and oxygen atoms in total. The molecule has 2 aliphatic carbocycles. The summed E-state index contributed by atoms with van der Waals surface area (Å²) in [5, 5.41) is 0. The van der Waals surface area contributed by atoms with Crippen molar-refractivity contribution in [1.82, 2.24) is 9.97 Å². The van der Waals surface area contributed by atoms with Gasteiger partial charge >= 0.3 is 0 Å². The summed E-state index contributed by atoms with van der Waals surface area (Å²) in [6, 6.07) is 0. The Labute approximate surface area is 120 Å². The van der Waals surface area contributed by atoms with Crippen LogP contribution in [0, 0.1) is 0 Å². The summed E-state index contributed by atoms with van der Waals surface area (Å²) in [6.45, 7) is 2.68. The average Bonchev–Trinajstić information content (AvgIpc) is 2.78. The molecule has 0 radical (unpaired) electrons. The monoisotopic (exact) mass is 276 g/mol. The number of fused-ring (bicyclic) bond motifs is 1. The molecule has 0 aromatic carbocycles. The Hall–Kier alpha value is -1.16. The van der Waals surface area contributed by atoms with E-state index in [1.807, 2.05) is 6.92 Å². The van der Waals surface area contributed by atoms with Crippen molar-refractivity contribution in [3.63, 3.8) is 0 Å². The predicted octanol–water partition coefficient (Wildman–Crippen LogP) is 2.84. The number of rotatable bonds is 3. The van der Waals surface area contributed by atoms with Gasteiger partial charge in [-0.25, -0.2) is 4.98 Å². The molecule has 0 spiro atoms. The third-order valence-electron chi connectivity index (χ3n) is 4.70. The first-order valence-corrected chi connectivity index (χ1v) is 8.02. The van der Waals surface area contributed by atoms with E-state index in [2.05, 4.69) is 4.98 Å². The summed E-state index contributed by atoms with van der Waals surface area (Å²) in [7, 11) is 0. The molecule has 3 rings (SSSR count). The highest BCUT2D eigenvalue weighted by Crippen LogP contribution is 2.40. The molecule has 0 aliphatic heterocycles. The third kappa shape index (κ3) is 2.41. The molecule has 0 atom stereocenters. The fraction of sp³-hybridized carbons (Fsp3) is 0.750. The molecule has 0 saturated heterocycles. The molecule has 1 aromatic heterocycles. The van der Waals surface area contributed by atoms with E-state index in [0.717, 1.165) is 68.4 Å². The van der Waals surface area contributed by atoms with Crippen LogP contribution in [0.5, 0.6) is 0 Å². The summed E-state index contributed by atoms with van der Waals surface area (Å²) >= 11 is 0. The molecule has 0 amide bonds. The highest BCUT2D eigenvalue weighted by Gasteiger charge is 2.39. The van der Waals surface area contributed by atoms with Gasteiger partial charge in [-0.3, -0.25) is 4.79 Å². The molecule has 1 aromatic rings. The van der Waals surface area contributed by atoms with Crippen LogP contribution >= 0.6 is 0 Å². The van der Waals surface area contributed by atoms with Gasteiger partial charge in [0.1, 0.15) is 11.4 Å². The number of nitrogens with one attached hydrogen (secondary N) is 1. The lowest BCUT2D eigenvalue weighted by Crippen LogP contribution is -2.33. The van der Waals surface area contributed by atoms with Crippen LogP contribution in [0.4, 0.5) is 0 Å². The largest absolute Gasteiger partial charge is 0.367 e. The predicted molar refractivity (Wildman–Crippen MR) is 77.9 cm³/mol. The Bertz CT molecular complexity index is 530. The molecule has 20 heavy (non-hydrogen) atoms. The van der Waals surface area contributed by atoms with Gasteiger partial charge in [0.2, 0.25) is 0 Å². The Morgan fingerprint density at radius 1 is 1.15 bits per heavy atom. The van der Waals surface area contributed by atoms with Crippen LogP contribution in [0.2, 0.25) is 0 Å². The van der Waals surface area contributed by atoms with Crippen molar-refractivity contribution in [2.45, 2.75) is 70.3 Å². The molecule has 4 heteroatoms. The lowest BCUT2D eigenvalue weighted by Gasteiger charge is -2.28.